The molecule has 0 spiro atoms. The number of nitrogens with one attached hydrogen (secondary N) is 1. The van der Waals surface area contributed by atoms with Crippen LogP contribution in [0, 0.1) is 11.3 Å². The predicted molar refractivity (Wildman–Crippen MR) is 112 cm³/mol. The third-order valence-electron chi connectivity index (χ3n) is 4.44. The zero-order valence-electron chi connectivity index (χ0n) is 16.4. The summed E-state index contributed by atoms with van der Waals surface area (Å²) in [7, 11) is 1.52. The molecule has 0 saturated heterocycles. The number of carbonyl (C=O) groups is 2. The van der Waals surface area contributed by atoms with Crippen LogP contribution in [0.25, 0.3) is 11.1 Å². The van der Waals surface area contributed by atoms with E-state index < -0.39 is 5.97 Å². The molecule has 3 aromatic carbocycles. The summed E-state index contributed by atoms with van der Waals surface area (Å²) in [5.74, 6) is -0.359. The molecule has 0 heterocycles. The summed E-state index contributed by atoms with van der Waals surface area (Å²) in [5, 5.41) is 11.8. The van der Waals surface area contributed by atoms with Crippen LogP contribution in [-0.4, -0.2) is 25.5 Å². The van der Waals surface area contributed by atoms with E-state index in [0.29, 0.717) is 16.9 Å². The van der Waals surface area contributed by atoms with Crippen molar-refractivity contribution in [2.45, 2.75) is 6.61 Å². The van der Waals surface area contributed by atoms with E-state index in [1.54, 1.807) is 30.3 Å². The van der Waals surface area contributed by atoms with Crippen LogP contribution in [0.5, 0.6) is 5.75 Å². The Balaban J connectivity index is 1.51. The lowest BCUT2D eigenvalue weighted by Crippen LogP contribution is -2.30. The molecular weight excluding hydrogens is 380 g/mol. The smallest absolute Gasteiger partial charge is 0.325 e. The van der Waals surface area contributed by atoms with Crippen LogP contribution in [-0.2, 0) is 16.1 Å². The predicted octanol–water partition coefficient (Wildman–Crippen LogP) is 3.71. The van der Waals surface area contributed by atoms with Crippen molar-refractivity contribution in [3.05, 3.63) is 89.5 Å². The minimum Gasteiger partial charge on any atom is -0.497 e. The van der Waals surface area contributed by atoms with Crippen molar-refractivity contribution in [1.82, 2.24) is 5.32 Å². The van der Waals surface area contributed by atoms with E-state index in [0.717, 1.165) is 16.7 Å². The Bertz CT molecular complexity index is 1080. The van der Waals surface area contributed by atoms with Gasteiger partial charge in [0.15, 0.2) is 0 Å². The van der Waals surface area contributed by atoms with Gasteiger partial charge in [0.2, 0.25) is 0 Å². The molecule has 0 aromatic heterocycles. The SMILES string of the molecule is COc1cccc(C(=O)NCC(=O)OCc2ccc(-c3ccccc3C#N)cc2)c1. The van der Waals surface area contributed by atoms with Gasteiger partial charge < -0.3 is 14.8 Å². The van der Waals surface area contributed by atoms with Gasteiger partial charge in [-0.05, 0) is 41.0 Å². The lowest BCUT2D eigenvalue weighted by molar-refractivity contribution is -0.143. The highest BCUT2D eigenvalue weighted by Gasteiger charge is 2.10. The summed E-state index contributed by atoms with van der Waals surface area (Å²) in [6, 6.07) is 23.6. The molecule has 0 aliphatic carbocycles. The first-order chi connectivity index (χ1) is 14.6. The van der Waals surface area contributed by atoms with Gasteiger partial charge in [-0.3, -0.25) is 9.59 Å². The van der Waals surface area contributed by atoms with Crippen LogP contribution in [0.2, 0.25) is 0 Å². The summed E-state index contributed by atoms with van der Waals surface area (Å²) >= 11 is 0. The number of amides is 1. The van der Waals surface area contributed by atoms with Gasteiger partial charge in [-0.25, -0.2) is 0 Å². The normalized spacial score (nSPS) is 10.0. The van der Waals surface area contributed by atoms with Crippen molar-refractivity contribution in [3.63, 3.8) is 0 Å². The molecule has 0 saturated carbocycles. The number of rotatable bonds is 7. The number of hydrogen-bond acceptors (Lipinski definition) is 5. The van der Waals surface area contributed by atoms with Crippen LogP contribution in [0.3, 0.4) is 0 Å². The third-order valence-corrected chi connectivity index (χ3v) is 4.44. The van der Waals surface area contributed by atoms with Crippen LogP contribution in [0.15, 0.2) is 72.8 Å². The second kappa shape index (κ2) is 9.89. The van der Waals surface area contributed by atoms with Gasteiger partial charge >= 0.3 is 5.97 Å². The van der Waals surface area contributed by atoms with E-state index in [2.05, 4.69) is 11.4 Å². The average Bonchev–Trinajstić information content (AvgIpc) is 2.81. The Morgan fingerprint density at radius 1 is 1.00 bits per heavy atom. The van der Waals surface area contributed by atoms with Gasteiger partial charge in [-0.1, -0.05) is 48.5 Å². The van der Waals surface area contributed by atoms with Crippen molar-refractivity contribution in [2.24, 2.45) is 0 Å². The number of carbonyl (C=O) groups excluding carboxylic acids is 2. The highest BCUT2D eigenvalue weighted by molar-refractivity contribution is 5.96. The van der Waals surface area contributed by atoms with E-state index in [1.165, 1.54) is 7.11 Å². The largest absolute Gasteiger partial charge is 0.497 e. The highest BCUT2D eigenvalue weighted by Crippen LogP contribution is 2.23. The van der Waals surface area contributed by atoms with Gasteiger partial charge in [0, 0.05) is 5.56 Å². The first-order valence-corrected chi connectivity index (χ1v) is 9.27. The third kappa shape index (κ3) is 5.24. The molecule has 3 aromatic rings. The van der Waals surface area contributed by atoms with E-state index in [9.17, 15) is 14.9 Å². The highest BCUT2D eigenvalue weighted by atomic mass is 16.5. The zero-order valence-corrected chi connectivity index (χ0v) is 16.4. The minimum atomic E-state index is -0.537. The quantitative estimate of drug-likeness (QED) is 0.611. The Kier molecular flexibility index (Phi) is 6.80. The summed E-state index contributed by atoms with van der Waals surface area (Å²) in [5.41, 5.74) is 3.57. The molecule has 0 aliphatic rings. The maximum absolute atomic E-state index is 12.1. The Morgan fingerprint density at radius 3 is 2.50 bits per heavy atom. The molecule has 0 bridgehead atoms. The van der Waals surface area contributed by atoms with Gasteiger partial charge in [0.05, 0.1) is 18.7 Å². The molecule has 30 heavy (non-hydrogen) atoms. The number of hydrogen-bond donors (Lipinski definition) is 1. The van der Waals surface area contributed by atoms with Crippen molar-refractivity contribution >= 4 is 11.9 Å². The molecule has 1 amide bonds. The van der Waals surface area contributed by atoms with E-state index in [1.807, 2.05) is 42.5 Å². The Morgan fingerprint density at radius 2 is 1.77 bits per heavy atom. The van der Waals surface area contributed by atoms with Crippen LogP contribution < -0.4 is 10.1 Å². The first kappa shape index (κ1) is 20.6. The first-order valence-electron chi connectivity index (χ1n) is 9.27. The molecule has 1 N–H and O–H groups in total. The zero-order chi connectivity index (χ0) is 21.3. The van der Waals surface area contributed by atoms with Crippen molar-refractivity contribution in [2.75, 3.05) is 13.7 Å². The molecule has 6 heteroatoms. The standard InChI is InChI=1S/C24H20N2O4/c1-29-21-7-4-6-19(13-21)24(28)26-15-23(27)30-16-17-9-11-18(12-10-17)22-8-3-2-5-20(22)14-25/h2-13H,15-16H2,1H3,(H,26,28). The number of benzene rings is 3. The molecule has 0 atom stereocenters. The van der Waals surface area contributed by atoms with Gasteiger partial charge in [0.1, 0.15) is 18.9 Å². The lowest BCUT2D eigenvalue weighted by Gasteiger charge is -2.09. The fourth-order valence-electron chi connectivity index (χ4n) is 2.85. The fourth-order valence-corrected chi connectivity index (χ4v) is 2.85. The molecular formula is C24H20N2O4. The number of ether oxygens (including phenoxy) is 2. The number of esters is 1. The van der Waals surface area contributed by atoms with Gasteiger partial charge in [0.25, 0.3) is 5.91 Å². The maximum atomic E-state index is 12.1. The minimum absolute atomic E-state index is 0.0913. The van der Waals surface area contributed by atoms with E-state index in [4.69, 9.17) is 9.47 Å². The molecule has 0 radical (unpaired) electrons. The van der Waals surface area contributed by atoms with Gasteiger partial charge in [-0.2, -0.15) is 5.26 Å². The molecule has 6 nitrogen and oxygen atoms in total. The average molecular weight is 400 g/mol. The molecule has 0 aliphatic heterocycles. The lowest BCUT2D eigenvalue weighted by atomic mass is 9.99. The monoisotopic (exact) mass is 400 g/mol. The van der Waals surface area contributed by atoms with Crippen LogP contribution >= 0.6 is 0 Å². The van der Waals surface area contributed by atoms with Crippen molar-refractivity contribution < 1.29 is 19.1 Å². The Labute approximate surface area is 174 Å². The second-order valence-corrected chi connectivity index (χ2v) is 6.43. The van der Waals surface area contributed by atoms with Crippen molar-refractivity contribution in [3.8, 4) is 22.9 Å². The maximum Gasteiger partial charge on any atom is 0.325 e. The summed E-state index contributed by atoms with van der Waals surface area (Å²) < 4.78 is 10.3. The van der Waals surface area contributed by atoms with E-state index >= 15 is 0 Å². The second-order valence-electron chi connectivity index (χ2n) is 6.43. The molecule has 0 unspecified atom stereocenters. The number of nitriles is 1. The molecule has 150 valence electrons. The van der Waals surface area contributed by atoms with Crippen LogP contribution in [0.4, 0.5) is 0 Å². The van der Waals surface area contributed by atoms with Crippen LogP contribution in [0.1, 0.15) is 21.5 Å². The summed E-state index contributed by atoms with van der Waals surface area (Å²) in [4.78, 5) is 24.1. The van der Waals surface area contributed by atoms with E-state index in [-0.39, 0.29) is 19.1 Å². The Hall–Kier alpha value is -4.11. The molecule has 0 fully saturated rings. The van der Waals surface area contributed by atoms with Crippen molar-refractivity contribution in [1.29, 1.82) is 5.26 Å². The summed E-state index contributed by atoms with van der Waals surface area (Å²) in [6.07, 6.45) is 0. The topological polar surface area (TPSA) is 88.4 Å². The summed E-state index contributed by atoms with van der Waals surface area (Å²) in [6.45, 7) is -0.141. The molecule has 3 rings (SSSR count). The number of methoxy groups -OCH3 is 1. The number of nitrogens with zero attached hydrogens (tertiary/aromatic N) is 1. The van der Waals surface area contributed by atoms with Gasteiger partial charge in [-0.15, -0.1) is 0 Å². The fraction of sp³-hybridized carbons (Fsp3) is 0.125.